The first kappa shape index (κ1) is 30.4. The fraction of sp³-hybridized carbons (Fsp3) is 0.318. The number of unbranched alkanes of at least 4 members (excludes halogenated alkanes) is 1. The maximum absolute atomic E-state index is 2.68. The van der Waals surface area contributed by atoms with Gasteiger partial charge in [0.1, 0.15) is 7.05 Å². The smallest absolute Gasteiger partial charge is 0.200 e. The normalized spacial score (nSPS) is 17.3. The fourth-order valence-corrected chi connectivity index (χ4v) is 8.61. The summed E-state index contributed by atoms with van der Waals surface area (Å²) >= 11 is 0. The Morgan fingerprint density at radius 2 is 1.50 bits per heavy atom. The van der Waals surface area contributed by atoms with Crippen molar-refractivity contribution in [3.63, 3.8) is 0 Å². The first-order chi connectivity index (χ1) is 22.6. The van der Waals surface area contributed by atoms with Crippen molar-refractivity contribution in [1.29, 1.82) is 0 Å². The maximum atomic E-state index is 2.68. The van der Waals surface area contributed by atoms with E-state index < -0.39 is 0 Å². The summed E-state index contributed by atoms with van der Waals surface area (Å²) in [7, 11) is 2.18. The minimum absolute atomic E-state index is 0.0261. The Hall–Kier alpha value is -4.30. The van der Waals surface area contributed by atoms with Crippen LogP contribution in [0.2, 0.25) is 0 Å². The minimum atomic E-state index is 0.0261. The van der Waals surface area contributed by atoms with Crippen LogP contribution in [0.3, 0.4) is 0 Å². The second-order valence-electron chi connectivity index (χ2n) is 13.5. The van der Waals surface area contributed by atoms with E-state index in [0.29, 0.717) is 5.92 Å². The van der Waals surface area contributed by atoms with Crippen molar-refractivity contribution >= 4 is 21.7 Å². The van der Waals surface area contributed by atoms with Gasteiger partial charge in [-0.05, 0) is 83.5 Å². The third kappa shape index (κ3) is 5.22. The summed E-state index contributed by atoms with van der Waals surface area (Å²) in [5, 5.41) is 4.05. The molecule has 2 nitrogen and oxygen atoms in total. The highest BCUT2D eigenvalue weighted by atomic mass is 15.1. The lowest BCUT2D eigenvalue weighted by Gasteiger charge is -2.40. The van der Waals surface area contributed by atoms with E-state index in [1.165, 1.54) is 73.6 Å². The summed E-state index contributed by atoms with van der Waals surface area (Å²) in [5.74, 6) is 0.473. The van der Waals surface area contributed by atoms with Gasteiger partial charge in [0.2, 0.25) is 11.2 Å². The average molecular weight is 605 g/mol. The van der Waals surface area contributed by atoms with Gasteiger partial charge >= 0.3 is 0 Å². The summed E-state index contributed by atoms with van der Waals surface area (Å²) in [5.41, 5.74) is 11.1. The first-order valence-electron chi connectivity index (χ1n) is 17.6. The molecule has 0 N–H and O–H groups in total. The molecule has 2 unspecified atom stereocenters. The van der Waals surface area contributed by atoms with Gasteiger partial charge in [0.25, 0.3) is 0 Å². The van der Waals surface area contributed by atoms with Crippen LogP contribution in [0.1, 0.15) is 81.9 Å². The number of benzene rings is 4. The SMILES string of the molecule is CCCCc1ccc(-c2cc[n+]3c(c2)-c2ccccc2C(CC)C3(CC)CCCc2cccc3ccc4ccc[n+](C)c4c23)cc1. The van der Waals surface area contributed by atoms with E-state index in [0.717, 1.165) is 38.5 Å². The summed E-state index contributed by atoms with van der Waals surface area (Å²) in [6.45, 7) is 7.08. The third-order valence-electron chi connectivity index (χ3n) is 11.0. The molecular formula is C44H48N2+2. The molecule has 0 saturated carbocycles. The third-order valence-corrected chi connectivity index (χ3v) is 11.0. The predicted molar refractivity (Wildman–Crippen MR) is 193 cm³/mol. The summed E-state index contributed by atoms with van der Waals surface area (Å²) in [6.07, 6.45) is 13.8. The maximum Gasteiger partial charge on any atom is 0.220 e. The molecule has 0 radical (unpaired) electrons. The number of pyridine rings is 2. The Morgan fingerprint density at radius 1 is 0.696 bits per heavy atom. The molecule has 4 aromatic carbocycles. The van der Waals surface area contributed by atoms with Crippen molar-refractivity contribution in [2.24, 2.45) is 7.05 Å². The van der Waals surface area contributed by atoms with Gasteiger partial charge in [-0.3, -0.25) is 0 Å². The van der Waals surface area contributed by atoms with Crippen molar-refractivity contribution in [2.45, 2.75) is 83.6 Å². The van der Waals surface area contributed by atoms with Crippen molar-refractivity contribution < 1.29 is 9.13 Å². The summed E-state index contributed by atoms with van der Waals surface area (Å²) < 4.78 is 4.98. The highest BCUT2D eigenvalue weighted by molar-refractivity contribution is 6.05. The number of hydrogen-bond donors (Lipinski definition) is 0. The Morgan fingerprint density at radius 3 is 2.30 bits per heavy atom. The summed E-state index contributed by atoms with van der Waals surface area (Å²) in [4.78, 5) is 0. The van der Waals surface area contributed by atoms with Crippen LogP contribution < -0.4 is 9.13 Å². The van der Waals surface area contributed by atoms with E-state index >= 15 is 0 Å². The molecule has 46 heavy (non-hydrogen) atoms. The van der Waals surface area contributed by atoms with E-state index in [-0.39, 0.29) is 5.54 Å². The van der Waals surface area contributed by atoms with Crippen molar-refractivity contribution in [3.8, 4) is 22.4 Å². The van der Waals surface area contributed by atoms with Gasteiger partial charge in [-0.25, -0.2) is 4.57 Å². The molecule has 0 saturated heterocycles. The van der Waals surface area contributed by atoms with Crippen LogP contribution in [0, 0.1) is 0 Å². The van der Waals surface area contributed by atoms with Crippen LogP contribution in [-0.4, -0.2) is 0 Å². The molecule has 7 rings (SSSR count). The number of hydrogen-bond acceptors (Lipinski definition) is 0. The molecular weight excluding hydrogens is 556 g/mol. The van der Waals surface area contributed by atoms with E-state index in [1.54, 1.807) is 0 Å². The van der Waals surface area contributed by atoms with E-state index in [1.807, 2.05) is 0 Å². The van der Waals surface area contributed by atoms with Crippen molar-refractivity contribution in [2.75, 3.05) is 0 Å². The second kappa shape index (κ2) is 12.8. The van der Waals surface area contributed by atoms with Gasteiger partial charge in [0, 0.05) is 47.9 Å². The average Bonchev–Trinajstić information content (AvgIpc) is 3.10. The van der Waals surface area contributed by atoms with E-state index in [4.69, 9.17) is 0 Å². The Balaban J connectivity index is 1.27. The standard InChI is InChI=1S/C44H48N2/c1-5-8-14-32-21-23-33(24-22-32)37-27-30-46-41(31-37)39-20-10-9-19-38(39)40(6-2)44(46,7-3)28-12-17-34-15-11-16-35-25-26-36-18-13-29-45(4)43(36)42(34)35/h9-11,13,15-16,18-27,29-31,40H,5-8,12,14,17,28H2,1-4H3/q+2. The van der Waals surface area contributed by atoms with Crippen molar-refractivity contribution in [3.05, 3.63) is 132 Å². The molecule has 0 amide bonds. The van der Waals surface area contributed by atoms with Gasteiger partial charge < -0.3 is 0 Å². The number of aryl methyl sites for hydroxylation is 3. The molecule has 0 aliphatic carbocycles. The minimum Gasteiger partial charge on any atom is -0.200 e. The molecule has 0 spiro atoms. The van der Waals surface area contributed by atoms with Crippen LogP contribution in [-0.2, 0) is 25.4 Å². The molecule has 2 heteroatoms. The van der Waals surface area contributed by atoms with Gasteiger partial charge in [-0.1, -0.05) is 93.9 Å². The molecule has 3 heterocycles. The molecule has 1 aliphatic heterocycles. The van der Waals surface area contributed by atoms with Crippen LogP contribution in [0.5, 0.6) is 0 Å². The molecule has 6 aromatic rings. The Bertz CT molecular complexity index is 2000. The zero-order valence-electron chi connectivity index (χ0n) is 28.1. The number of aromatic nitrogens is 2. The monoisotopic (exact) mass is 604 g/mol. The van der Waals surface area contributed by atoms with E-state index in [9.17, 15) is 0 Å². The van der Waals surface area contributed by atoms with Crippen LogP contribution >= 0.6 is 0 Å². The molecule has 1 aliphatic rings. The Labute approximate surface area is 275 Å². The van der Waals surface area contributed by atoms with Crippen LogP contribution in [0.25, 0.3) is 44.1 Å². The number of rotatable bonds is 10. The highest BCUT2D eigenvalue weighted by Gasteiger charge is 2.51. The lowest BCUT2D eigenvalue weighted by molar-refractivity contribution is -0.763. The lowest BCUT2D eigenvalue weighted by atomic mass is 9.68. The highest BCUT2D eigenvalue weighted by Crippen LogP contribution is 2.48. The Kier molecular flexibility index (Phi) is 8.47. The molecule has 0 bridgehead atoms. The van der Waals surface area contributed by atoms with Gasteiger partial charge in [-0.15, -0.1) is 0 Å². The van der Waals surface area contributed by atoms with Gasteiger partial charge in [-0.2, -0.15) is 4.57 Å². The van der Waals surface area contributed by atoms with E-state index in [2.05, 4.69) is 152 Å². The van der Waals surface area contributed by atoms with Crippen LogP contribution in [0.4, 0.5) is 0 Å². The molecule has 2 atom stereocenters. The lowest BCUT2D eigenvalue weighted by Crippen LogP contribution is -2.62. The molecule has 0 fully saturated rings. The predicted octanol–water partition coefficient (Wildman–Crippen LogP) is 10.4. The second-order valence-corrected chi connectivity index (χ2v) is 13.5. The quantitative estimate of drug-likeness (QED) is 0.109. The summed E-state index contributed by atoms with van der Waals surface area (Å²) in [6, 6.07) is 39.2. The van der Waals surface area contributed by atoms with Crippen LogP contribution in [0.15, 0.2) is 116 Å². The largest absolute Gasteiger partial charge is 0.220 e. The number of nitrogens with zero attached hydrogens (tertiary/aromatic N) is 2. The van der Waals surface area contributed by atoms with Gasteiger partial charge in [0.05, 0.1) is 5.39 Å². The zero-order chi connectivity index (χ0) is 31.7. The molecule has 2 aromatic heterocycles. The zero-order valence-corrected chi connectivity index (χ0v) is 28.1. The molecule has 232 valence electrons. The fourth-order valence-electron chi connectivity index (χ4n) is 8.61. The van der Waals surface area contributed by atoms with Crippen molar-refractivity contribution in [1.82, 2.24) is 0 Å². The van der Waals surface area contributed by atoms with Gasteiger partial charge in [0.15, 0.2) is 17.9 Å². The topological polar surface area (TPSA) is 7.76 Å². The number of fused-ring (bicyclic) bond motifs is 6. The first-order valence-corrected chi connectivity index (χ1v) is 17.6.